The van der Waals surface area contributed by atoms with E-state index in [-0.39, 0.29) is 0 Å². The number of H-pyrrole nitrogens is 1. The van der Waals surface area contributed by atoms with Crippen molar-refractivity contribution in [2.75, 3.05) is 61.6 Å². The van der Waals surface area contributed by atoms with Crippen molar-refractivity contribution in [3.63, 3.8) is 0 Å². The van der Waals surface area contributed by atoms with Gasteiger partial charge in [-0.2, -0.15) is 15.1 Å². The maximum Gasteiger partial charge on any atom is 0.231 e. The fraction of sp³-hybridized carbons (Fsp3) is 0.378. The van der Waals surface area contributed by atoms with Gasteiger partial charge in [-0.1, -0.05) is 12.8 Å². The molecule has 0 radical (unpaired) electrons. The number of anilines is 5. The predicted octanol–water partition coefficient (Wildman–Crippen LogP) is 6.04. The number of aromatic amines is 1. The smallest absolute Gasteiger partial charge is 0.231 e. The standard InChI is InChI=1S/C37H42N11O2P/c1-46-22-23(21-41-46)27-20-30(33-25(11-19-50-33)32(27)48-17-15-47(16-18-48)24-6-4-5-7-24)43-37-44-35-26(10-12-40-35)36(45-37)42-29-9-8-28-31(39-14-13-38-28)34(29)51(2,3)49/h8-10,12-14,20-22,24H,4-7,11,15-19H2,1-3H3,(H3,40,42,43,44,45). The Hall–Kier alpha value is -5.00. The molecule has 262 valence electrons. The summed E-state index contributed by atoms with van der Waals surface area (Å²) in [5.74, 6) is 1.82. The average molecular weight is 704 g/mol. The SMILES string of the molecule is Cn1cc(-c2cc(Nc3nc(Nc4ccc5nccnc5c4P(C)(C)=O)c4cc[nH]c4n3)c3c(c2N2CCN(C4CCCC4)CC2)CCO3)cn1. The van der Waals surface area contributed by atoms with E-state index in [0.717, 1.165) is 66.6 Å². The molecule has 6 heterocycles. The number of ether oxygens (including phenoxy) is 1. The lowest BCUT2D eigenvalue weighted by Gasteiger charge is -2.40. The summed E-state index contributed by atoms with van der Waals surface area (Å²) in [5, 5.41) is 13.0. The Labute approximate surface area is 296 Å². The van der Waals surface area contributed by atoms with Crippen LogP contribution in [0.25, 0.3) is 33.2 Å². The lowest BCUT2D eigenvalue weighted by Crippen LogP contribution is -2.50. The summed E-state index contributed by atoms with van der Waals surface area (Å²) in [5.41, 5.74) is 8.06. The van der Waals surface area contributed by atoms with Gasteiger partial charge >= 0.3 is 0 Å². The Morgan fingerprint density at radius 3 is 2.59 bits per heavy atom. The number of piperazine rings is 1. The Kier molecular flexibility index (Phi) is 7.92. The second-order valence-corrected chi connectivity index (χ2v) is 17.4. The van der Waals surface area contributed by atoms with E-state index < -0.39 is 7.14 Å². The van der Waals surface area contributed by atoms with Gasteiger partial charge in [0.05, 0.1) is 46.1 Å². The van der Waals surface area contributed by atoms with Gasteiger partial charge in [-0.05, 0) is 50.4 Å². The van der Waals surface area contributed by atoms with Crippen molar-refractivity contribution in [3.05, 3.63) is 60.8 Å². The Bertz CT molecular complexity index is 2320. The molecule has 6 aromatic rings. The highest BCUT2D eigenvalue weighted by Crippen LogP contribution is 2.48. The molecular formula is C37H42N11O2P. The largest absolute Gasteiger partial charge is 0.491 e. The molecule has 0 spiro atoms. The van der Waals surface area contributed by atoms with Gasteiger partial charge in [-0.3, -0.25) is 19.5 Å². The van der Waals surface area contributed by atoms with Crippen LogP contribution in [0.5, 0.6) is 5.75 Å². The maximum atomic E-state index is 13.7. The molecule has 14 heteroatoms. The van der Waals surface area contributed by atoms with Crippen molar-refractivity contribution in [1.29, 1.82) is 0 Å². The summed E-state index contributed by atoms with van der Waals surface area (Å²) in [4.78, 5) is 27.4. The van der Waals surface area contributed by atoms with E-state index in [2.05, 4.69) is 52.7 Å². The third-order valence-electron chi connectivity index (χ3n) is 10.5. The zero-order chi connectivity index (χ0) is 34.7. The molecule has 2 fully saturated rings. The second kappa shape index (κ2) is 12.6. The van der Waals surface area contributed by atoms with Crippen molar-refractivity contribution in [2.45, 2.75) is 38.1 Å². The molecule has 3 aliphatic rings. The number of rotatable bonds is 8. The molecule has 4 aromatic heterocycles. The minimum atomic E-state index is -2.78. The van der Waals surface area contributed by atoms with E-state index in [4.69, 9.17) is 14.7 Å². The zero-order valence-electron chi connectivity index (χ0n) is 29.2. The van der Waals surface area contributed by atoms with Gasteiger partial charge in [-0.25, -0.2) is 0 Å². The first-order valence-electron chi connectivity index (χ1n) is 17.8. The number of hydrogen-bond donors (Lipinski definition) is 3. The number of nitrogens with zero attached hydrogens (tertiary/aromatic N) is 8. The Morgan fingerprint density at radius 1 is 0.980 bits per heavy atom. The minimum Gasteiger partial charge on any atom is -0.491 e. The Balaban J connectivity index is 1.10. The average Bonchev–Trinajstić information content (AvgIpc) is 3.96. The lowest BCUT2D eigenvalue weighted by atomic mass is 9.97. The molecule has 2 aliphatic heterocycles. The van der Waals surface area contributed by atoms with Crippen LogP contribution in [0.1, 0.15) is 31.2 Å². The van der Waals surface area contributed by atoms with Gasteiger partial charge in [0.2, 0.25) is 5.95 Å². The second-order valence-electron chi connectivity index (χ2n) is 14.2. The van der Waals surface area contributed by atoms with E-state index in [1.807, 2.05) is 42.3 Å². The first kappa shape index (κ1) is 31.9. The third-order valence-corrected chi connectivity index (χ3v) is 12.0. The monoisotopic (exact) mass is 703 g/mol. The summed E-state index contributed by atoms with van der Waals surface area (Å²) in [7, 11) is -0.826. The highest BCUT2D eigenvalue weighted by atomic mass is 31.2. The van der Waals surface area contributed by atoms with Crippen molar-refractivity contribution in [1.82, 2.24) is 39.6 Å². The van der Waals surface area contributed by atoms with Crippen LogP contribution in [-0.4, -0.2) is 91.8 Å². The van der Waals surface area contributed by atoms with Gasteiger partial charge in [0, 0.05) is 87.2 Å². The molecule has 0 bridgehead atoms. The molecule has 0 unspecified atom stereocenters. The molecule has 51 heavy (non-hydrogen) atoms. The van der Waals surface area contributed by atoms with Gasteiger partial charge in [0.15, 0.2) is 0 Å². The van der Waals surface area contributed by atoms with E-state index in [9.17, 15) is 4.57 Å². The zero-order valence-corrected chi connectivity index (χ0v) is 30.1. The van der Waals surface area contributed by atoms with Crippen LogP contribution in [0.3, 0.4) is 0 Å². The normalized spacial score (nSPS) is 17.0. The fourth-order valence-corrected chi connectivity index (χ4v) is 9.58. The molecule has 0 atom stereocenters. The quantitative estimate of drug-likeness (QED) is 0.160. The fourth-order valence-electron chi connectivity index (χ4n) is 8.19. The van der Waals surface area contributed by atoms with E-state index >= 15 is 0 Å². The molecule has 1 saturated heterocycles. The summed E-state index contributed by atoms with van der Waals surface area (Å²) in [6.45, 7) is 8.22. The number of aryl methyl sites for hydroxylation is 1. The summed E-state index contributed by atoms with van der Waals surface area (Å²) < 4.78 is 21.9. The van der Waals surface area contributed by atoms with Crippen LogP contribution in [0.4, 0.5) is 28.8 Å². The van der Waals surface area contributed by atoms with Crippen LogP contribution in [0, 0.1) is 0 Å². The summed E-state index contributed by atoms with van der Waals surface area (Å²) in [6.07, 6.45) is 15.3. The predicted molar refractivity (Wildman–Crippen MR) is 203 cm³/mol. The lowest BCUT2D eigenvalue weighted by molar-refractivity contribution is 0.187. The molecule has 0 amide bonds. The van der Waals surface area contributed by atoms with Gasteiger partial charge in [0.25, 0.3) is 0 Å². The summed E-state index contributed by atoms with van der Waals surface area (Å²) in [6, 6.07) is 8.61. The molecule has 1 saturated carbocycles. The van der Waals surface area contributed by atoms with E-state index in [1.165, 1.54) is 36.9 Å². The summed E-state index contributed by atoms with van der Waals surface area (Å²) >= 11 is 0. The molecule has 13 nitrogen and oxygen atoms in total. The number of benzene rings is 2. The van der Waals surface area contributed by atoms with Crippen molar-refractivity contribution >= 4 is 63.3 Å². The van der Waals surface area contributed by atoms with Crippen LogP contribution < -0.4 is 25.6 Å². The van der Waals surface area contributed by atoms with E-state index in [0.29, 0.717) is 46.0 Å². The van der Waals surface area contributed by atoms with Crippen LogP contribution in [0.2, 0.25) is 0 Å². The first-order chi connectivity index (χ1) is 24.8. The van der Waals surface area contributed by atoms with Crippen LogP contribution in [-0.2, 0) is 18.0 Å². The Morgan fingerprint density at radius 2 is 1.80 bits per heavy atom. The van der Waals surface area contributed by atoms with Gasteiger partial charge < -0.3 is 29.8 Å². The van der Waals surface area contributed by atoms with Gasteiger partial charge in [0.1, 0.15) is 29.9 Å². The molecule has 9 rings (SSSR count). The van der Waals surface area contributed by atoms with Crippen LogP contribution >= 0.6 is 7.14 Å². The molecule has 1 aliphatic carbocycles. The first-order valence-corrected chi connectivity index (χ1v) is 20.4. The highest BCUT2D eigenvalue weighted by Gasteiger charge is 2.32. The molecule has 3 N–H and O–H groups in total. The van der Waals surface area contributed by atoms with Crippen molar-refractivity contribution in [3.8, 4) is 16.9 Å². The number of nitrogens with one attached hydrogen (secondary N) is 3. The number of hydrogen-bond acceptors (Lipinski definition) is 11. The minimum absolute atomic E-state index is 0.401. The molecule has 2 aromatic carbocycles. The van der Waals surface area contributed by atoms with Gasteiger partial charge in [-0.15, -0.1) is 0 Å². The van der Waals surface area contributed by atoms with Crippen molar-refractivity contribution in [2.24, 2.45) is 7.05 Å². The van der Waals surface area contributed by atoms with E-state index in [1.54, 1.807) is 25.7 Å². The van der Waals surface area contributed by atoms with Crippen LogP contribution in [0.15, 0.2) is 55.2 Å². The maximum absolute atomic E-state index is 13.7. The number of fused-ring (bicyclic) bond motifs is 3. The topological polar surface area (TPSA) is 142 Å². The highest BCUT2D eigenvalue weighted by molar-refractivity contribution is 7.71. The molecular weight excluding hydrogens is 661 g/mol. The third kappa shape index (κ3) is 5.88. The number of aromatic nitrogens is 7. The van der Waals surface area contributed by atoms with Crippen molar-refractivity contribution < 1.29 is 9.30 Å².